The molecule has 1 aliphatic carbocycles. The molecule has 1 unspecified atom stereocenters. The topological polar surface area (TPSA) is 65.4 Å². The Kier molecular flexibility index (Phi) is 6.53. The van der Waals surface area contributed by atoms with Gasteiger partial charge < -0.3 is 14.8 Å². The van der Waals surface area contributed by atoms with Gasteiger partial charge >= 0.3 is 0 Å². The number of halogens is 1. The van der Waals surface area contributed by atoms with Crippen LogP contribution in [0, 0.1) is 0 Å². The maximum absolute atomic E-state index is 13.5. The normalized spacial score (nSPS) is 17.3. The number of nitrogens with one attached hydrogen (secondary N) is 1. The zero-order valence-corrected chi connectivity index (χ0v) is 19.6. The van der Waals surface area contributed by atoms with Crippen LogP contribution in [-0.4, -0.2) is 29.4 Å². The molecular weight excluding hydrogens is 426 g/mol. The summed E-state index contributed by atoms with van der Waals surface area (Å²) in [5.74, 6) is 1.18. The Labute approximate surface area is 193 Å². The summed E-state index contributed by atoms with van der Waals surface area (Å²) in [4.78, 5) is 18.3. The van der Waals surface area contributed by atoms with Gasteiger partial charge in [0, 0.05) is 25.6 Å². The molecule has 7 heteroatoms. The molecule has 0 saturated heterocycles. The van der Waals surface area contributed by atoms with Crippen molar-refractivity contribution in [1.82, 2.24) is 9.55 Å². The minimum Gasteiger partial charge on any atom is -0.497 e. The quantitative estimate of drug-likeness (QED) is 0.557. The highest BCUT2D eigenvalue weighted by Crippen LogP contribution is 2.36. The van der Waals surface area contributed by atoms with Gasteiger partial charge in [-0.1, -0.05) is 42.8 Å². The number of hydrogen-bond donors (Lipinski definition) is 1. The second kappa shape index (κ2) is 9.35. The van der Waals surface area contributed by atoms with Gasteiger partial charge in [-0.3, -0.25) is 9.36 Å². The van der Waals surface area contributed by atoms with Crippen LogP contribution in [0.5, 0.6) is 5.75 Å². The van der Waals surface area contributed by atoms with E-state index in [1.54, 1.807) is 24.8 Å². The number of ether oxygens (including phenoxy) is 2. The van der Waals surface area contributed by atoms with E-state index in [4.69, 9.17) is 26.1 Å². The molecule has 2 atom stereocenters. The molecule has 1 aliphatic rings. The van der Waals surface area contributed by atoms with Crippen molar-refractivity contribution in [2.45, 2.75) is 38.8 Å². The monoisotopic (exact) mass is 453 g/mol. The van der Waals surface area contributed by atoms with Gasteiger partial charge in [0.2, 0.25) is 0 Å². The van der Waals surface area contributed by atoms with Crippen LogP contribution >= 0.6 is 11.6 Å². The van der Waals surface area contributed by atoms with E-state index >= 15 is 0 Å². The largest absolute Gasteiger partial charge is 0.497 e. The average Bonchev–Trinajstić information content (AvgIpc) is 3.14. The van der Waals surface area contributed by atoms with E-state index in [0.29, 0.717) is 46.6 Å². The lowest BCUT2D eigenvalue weighted by molar-refractivity contribution is 0.0574. The van der Waals surface area contributed by atoms with Crippen molar-refractivity contribution in [3.63, 3.8) is 0 Å². The molecule has 1 N–H and O–H groups in total. The van der Waals surface area contributed by atoms with Crippen LogP contribution in [0.4, 0.5) is 5.69 Å². The number of rotatable bonds is 7. The van der Waals surface area contributed by atoms with Crippen molar-refractivity contribution >= 4 is 17.3 Å². The molecule has 0 bridgehead atoms. The minimum atomic E-state index is -0.140. The summed E-state index contributed by atoms with van der Waals surface area (Å²) < 4.78 is 12.8. The number of hydrogen-bond acceptors (Lipinski definition) is 5. The van der Waals surface area contributed by atoms with Crippen LogP contribution in [0.15, 0.2) is 47.3 Å². The van der Waals surface area contributed by atoms with Crippen LogP contribution < -0.4 is 15.6 Å². The van der Waals surface area contributed by atoms with E-state index < -0.39 is 0 Å². The second-order valence-electron chi connectivity index (χ2n) is 7.84. The van der Waals surface area contributed by atoms with Crippen LogP contribution in [-0.2, 0) is 24.6 Å². The molecule has 0 spiro atoms. The fraction of sp³-hybridized carbons (Fsp3) is 0.360. The standard InChI is InChI=1S/C25H28ClN3O3/c1-5-20-23(28-22-17-10-8-7-9-15(17)13-21(22)32-6-2)25(30)29(3)24(27-20)18-12-11-16(31-4)14-19(18)26/h7-12,14,21-22,28H,5-6,13H2,1-4H3/t21-,22?/m0/s1. The molecule has 3 aromatic rings. The van der Waals surface area contributed by atoms with Gasteiger partial charge in [0.1, 0.15) is 17.3 Å². The number of aryl methyl sites for hydroxylation is 1. The van der Waals surface area contributed by atoms with Crippen LogP contribution in [0.25, 0.3) is 11.4 Å². The number of fused-ring (bicyclic) bond motifs is 1. The number of anilines is 1. The average molecular weight is 454 g/mol. The molecule has 0 amide bonds. The lowest BCUT2D eigenvalue weighted by atomic mass is 10.1. The molecular formula is C25H28ClN3O3. The first-order chi connectivity index (χ1) is 15.5. The lowest BCUT2D eigenvalue weighted by Gasteiger charge is -2.24. The molecule has 2 aromatic carbocycles. The van der Waals surface area contributed by atoms with Crippen molar-refractivity contribution in [2.75, 3.05) is 19.0 Å². The summed E-state index contributed by atoms with van der Waals surface area (Å²) in [6, 6.07) is 13.5. The van der Waals surface area contributed by atoms with Crippen molar-refractivity contribution < 1.29 is 9.47 Å². The zero-order chi connectivity index (χ0) is 22.8. The zero-order valence-electron chi connectivity index (χ0n) is 18.8. The van der Waals surface area contributed by atoms with Gasteiger partial charge in [0.05, 0.1) is 30.0 Å². The number of methoxy groups -OCH3 is 1. The van der Waals surface area contributed by atoms with Gasteiger partial charge in [-0.25, -0.2) is 4.98 Å². The number of aromatic nitrogens is 2. The van der Waals surface area contributed by atoms with E-state index in [-0.39, 0.29) is 17.7 Å². The molecule has 4 rings (SSSR count). The van der Waals surface area contributed by atoms with Crippen molar-refractivity contribution in [1.29, 1.82) is 0 Å². The van der Waals surface area contributed by atoms with Crippen molar-refractivity contribution in [3.8, 4) is 17.1 Å². The highest BCUT2D eigenvalue weighted by atomic mass is 35.5. The summed E-state index contributed by atoms with van der Waals surface area (Å²) >= 11 is 6.48. The minimum absolute atomic E-state index is 0.0393. The highest BCUT2D eigenvalue weighted by Gasteiger charge is 2.34. The lowest BCUT2D eigenvalue weighted by Crippen LogP contribution is -2.31. The van der Waals surface area contributed by atoms with E-state index in [1.807, 2.05) is 38.1 Å². The number of nitrogens with zero attached hydrogens (tertiary/aromatic N) is 2. The number of benzene rings is 2. The third kappa shape index (κ3) is 4.00. The van der Waals surface area contributed by atoms with Crippen LogP contribution in [0.1, 0.15) is 36.7 Å². The smallest absolute Gasteiger partial charge is 0.277 e. The molecule has 6 nitrogen and oxygen atoms in total. The van der Waals surface area contributed by atoms with Crippen molar-refractivity contribution in [2.24, 2.45) is 7.05 Å². The molecule has 32 heavy (non-hydrogen) atoms. The Bertz CT molecular complexity index is 1190. The molecule has 168 valence electrons. The van der Waals surface area contributed by atoms with Gasteiger partial charge in [-0.15, -0.1) is 0 Å². The fourth-order valence-electron chi connectivity index (χ4n) is 4.35. The van der Waals surface area contributed by atoms with Crippen LogP contribution in [0.3, 0.4) is 0 Å². The Balaban J connectivity index is 1.78. The maximum atomic E-state index is 13.5. The summed E-state index contributed by atoms with van der Waals surface area (Å²) in [7, 11) is 3.31. The Hall–Kier alpha value is -2.83. The first kappa shape index (κ1) is 22.4. The van der Waals surface area contributed by atoms with Gasteiger partial charge in [-0.2, -0.15) is 0 Å². The second-order valence-corrected chi connectivity index (χ2v) is 8.25. The predicted molar refractivity (Wildman–Crippen MR) is 128 cm³/mol. The first-order valence-electron chi connectivity index (χ1n) is 10.9. The predicted octanol–water partition coefficient (Wildman–Crippen LogP) is 4.79. The molecule has 0 radical (unpaired) electrons. The SMILES string of the molecule is CCO[C@H]1Cc2ccccc2C1Nc1c(CC)nc(-c2ccc(OC)cc2Cl)n(C)c1=O. The van der Waals surface area contributed by atoms with Gasteiger partial charge in [0.15, 0.2) is 0 Å². The summed E-state index contributed by atoms with van der Waals surface area (Å²) in [5.41, 5.74) is 4.17. The van der Waals surface area contributed by atoms with E-state index in [9.17, 15) is 4.79 Å². The fourth-order valence-corrected chi connectivity index (χ4v) is 4.60. The van der Waals surface area contributed by atoms with Crippen molar-refractivity contribution in [3.05, 3.63) is 74.7 Å². The maximum Gasteiger partial charge on any atom is 0.277 e. The van der Waals surface area contributed by atoms with Gasteiger partial charge in [-0.05, 0) is 42.7 Å². The van der Waals surface area contributed by atoms with E-state index in [0.717, 1.165) is 12.0 Å². The third-order valence-corrected chi connectivity index (χ3v) is 6.29. The molecule has 0 saturated carbocycles. The van der Waals surface area contributed by atoms with Gasteiger partial charge in [0.25, 0.3) is 5.56 Å². The van der Waals surface area contributed by atoms with Crippen LogP contribution in [0.2, 0.25) is 5.02 Å². The Morgan fingerprint density at radius 3 is 2.69 bits per heavy atom. The summed E-state index contributed by atoms with van der Waals surface area (Å²) in [5, 5.41) is 3.98. The molecule has 1 aromatic heterocycles. The molecule has 0 fully saturated rings. The summed E-state index contributed by atoms with van der Waals surface area (Å²) in [6.07, 6.45) is 1.38. The molecule has 0 aliphatic heterocycles. The highest BCUT2D eigenvalue weighted by molar-refractivity contribution is 6.33. The Morgan fingerprint density at radius 1 is 1.22 bits per heavy atom. The summed E-state index contributed by atoms with van der Waals surface area (Å²) in [6.45, 7) is 4.60. The first-order valence-corrected chi connectivity index (χ1v) is 11.3. The van der Waals surface area contributed by atoms with E-state index in [2.05, 4.69) is 17.4 Å². The van der Waals surface area contributed by atoms with E-state index in [1.165, 1.54) is 5.56 Å². The third-order valence-electron chi connectivity index (χ3n) is 5.98. The molecule has 1 heterocycles. The Morgan fingerprint density at radius 2 is 2.00 bits per heavy atom.